The summed E-state index contributed by atoms with van der Waals surface area (Å²) in [6, 6.07) is 5.37. The molecule has 4 N–H and O–H groups in total. The first-order chi connectivity index (χ1) is 15.7. The van der Waals surface area contributed by atoms with Crippen molar-refractivity contribution in [1.29, 1.82) is 0 Å². The number of nitrogens with two attached hydrogens (primary N) is 1. The molecule has 9 nitrogen and oxygen atoms in total. The number of primary amides is 1. The van der Waals surface area contributed by atoms with Crippen LogP contribution in [0.5, 0.6) is 0 Å². The lowest BCUT2D eigenvalue weighted by Crippen LogP contribution is -2.30. The van der Waals surface area contributed by atoms with Gasteiger partial charge in [-0.15, -0.1) is 0 Å². The average molecular weight is 450 g/mol. The van der Waals surface area contributed by atoms with Crippen LogP contribution in [-0.2, 0) is 11.8 Å². The average Bonchev–Trinajstić information content (AvgIpc) is 3.32. The van der Waals surface area contributed by atoms with Crippen LogP contribution in [0.25, 0.3) is 11.1 Å². The highest BCUT2D eigenvalue weighted by atomic mass is 16.2. The molecule has 1 fully saturated rings. The number of rotatable bonds is 6. The first kappa shape index (κ1) is 22.7. The molecule has 0 spiro atoms. The largest absolute Gasteiger partial charge is 0.364 e. The zero-order chi connectivity index (χ0) is 23.7. The number of carbonyl (C=O) groups is 2. The Labute approximate surface area is 193 Å². The van der Waals surface area contributed by atoms with Crippen LogP contribution in [0, 0.1) is 25.7 Å². The number of H-pyrrole nitrogens is 1. The summed E-state index contributed by atoms with van der Waals surface area (Å²) >= 11 is 0. The van der Waals surface area contributed by atoms with E-state index in [2.05, 4.69) is 32.5 Å². The summed E-state index contributed by atoms with van der Waals surface area (Å²) in [6.07, 6.45) is 5.75. The Kier molecular flexibility index (Phi) is 6.31. The van der Waals surface area contributed by atoms with E-state index in [4.69, 9.17) is 5.73 Å². The molecule has 2 amide bonds. The minimum atomic E-state index is -0.560. The van der Waals surface area contributed by atoms with Gasteiger partial charge in [-0.2, -0.15) is 10.2 Å². The lowest BCUT2D eigenvalue weighted by molar-refractivity contribution is -0.119. The molecule has 1 saturated carbocycles. The minimum Gasteiger partial charge on any atom is -0.364 e. The topological polar surface area (TPSA) is 132 Å². The normalized spacial score (nSPS) is 19.3. The number of aryl methyl sites for hydroxylation is 3. The van der Waals surface area contributed by atoms with Gasteiger partial charge in [0.2, 0.25) is 5.91 Å². The SMILES string of the molecule is Cc1n[nH]c(C)c1-c1ccc(NC(=O)C(c2cc(C(N)=O)n(C)n2)C2CCC(C)CC2)nc1. The maximum absolute atomic E-state index is 13.5. The lowest BCUT2D eigenvalue weighted by Gasteiger charge is -2.31. The number of nitrogens with one attached hydrogen (secondary N) is 2. The molecule has 0 aliphatic heterocycles. The van der Waals surface area contributed by atoms with Crippen molar-refractivity contribution >= 4 is 17.6 Å². The minimum absolute atomic E-state index is 0.146. The Balaban J connectivity index is 1.59. The van der Waals surface area contributed by atoms with Crippen molar-refractivity contribution in [2.24, 2.45) is 24.6 Å². The first-order valence-electron chi connectivity index (χ1n) is 11.4. The molecule has 1 atom stereocenters. The highest BCUT2D eigenvalue weighted by molar-refractivity contribution is 5.96. The van der Waals surface area contributed by atoms with Gasteiger partial charge in [-0.1, -0.05) is 19.8 Å². The number of hydrogen-bond acceptors (Lipinski definition) is 5. The van der Waals surface area contributed by atoms with Gasteiger partial charge >= 0.3 is 0 Å². The van der Waals surface area contributed by atoms with Gasteiger partial charge < -0.3 is 11.1 Å². The highest BCUT2D eigenvalue weighted by Gasteiger charge is 2.35. The van der Waals surface area contributed by atoms with Gasteiger partial charge in [0, 0.05) is 30.1 Å². The molecule has 0 saturated heterocycles. The van der Waals surface area contributed by atoms with Crippen molar-refractivity contribution in [3.05, 3.63) is 47.2 Å². The van der Waals surface area contributed by atoms with Gasteiger partial charge in [-0.05, 0) is 56.7 Å². The van der Waals surface area contributed by atoms with Crippen molar-refractivity contribution in [3.63, 3.8) is 0 Å². The zero-order valence-electron chi connectivity index (χ0n) is 19.6. The second-order valence-corrected chi connectivity index (χ2v) is 9.17. The number of nitrogens with zero attached hydrogens (tertiary/aromatic N) is 4. The van der Waals surface area contributed by atoms with E-state index in [0.717, 1.165) is 48.2 Å². The fourth-order valence-electron chi connectivity index (χ4n) is 4.88. The van der Waals surface area contributed by atoms with Crippen LogP contribution in [0.3, 0.4) is 0 Å². The fourth-order valence-corrected chi connectivity index (χ4v) is 4.88. The molecule has 1 aliphatic carbocycles. The molecule has 1 aliphatic rings. The van der Waals surface area contributed by atoms with Crippen LogP contribution in [0.15, 0.2) is 24.4 Å². The molecule has 4 rings (SSSR count). The smallest absolute Gasteiger partial charge is 0.266 e. The van der Waals surface area contributed by atoms with E-state index in [9.17, 15) is 9.59 Å². The number of carbonyl (C=O) groups excluding carboxylic acids is 2. The van der Waals surface area contributed by atoms with Crippen molar-refractivity contribution in [1.82, 2.24) is 25.0 Å². The van der Waals surface area contributed by atoms with Gasteiger partial charge in [0.15, 0.2) is 0 Å². The molecular formula is C24H31N7O2. The predicted molar refractivity (Wildman–Crippen MR) is 126 cm³/mol. The first-order valence-corrected chi connectivity index (χ1v) is 11.4. The fraction of sp³-hybridized carbons (Fsp3) is 0.458. The molecule has 0 aromatic carbocycles. The quantitative estimate of drug-likeness (QED) is 0.530. The number of aromatic amines is 1. The third kappa shape index (κ3) is 4.67. The maximum Gasteiger partial charge on any atom is 0.266 e. The summed E-state index contributed by atoms with van der Waals surface area (Å²) in [6.45, 7) is 6.15. The van der Waals surface area contributed by atoms with Crippen LogP contribution in [0.4, 0.5) is 5.82 Å². The van der Waals surface area contributed by atoms with Crippen LogP contribution in [0.1, 0.15) is 66.1 Å². The van der Waals surface area contributed by atoms with Gasteiger partial charge in [0.25, 0.3) is 5.91 Å². The van der Waals surface area contributed by atoms with Crippen LogP contribution in [-0.4, -0.2) is 36.8 Å². The van der Waals surface area contributed by atoms with Gasteiger partial charge in [-0.25, -0.2) is 4.98 Å². The third-order valence-corrected chi connectivity index (χ3v) is 6.72. The second-order valence-electron chi connectivity index (χ2n) is 9.17. The monoisotopic (exact) mass is 449 g/mol. The molecule has 9 heteroatoms. The third-order valence-electron chi connectivity index (χ3n) is 6.72. The van der Waals surface area contributed by atoms with E-state index in [-0.39, 0.29) is 11.8 Å². The van der Waals surface area contributed by atoms with Crippen LogP contribution >= 0.6 is 0 Å². The molecule has 3 aromatic rings. The van der Waals surface area contributed by atoms with E-state index < -0.39 is 11.8 Å². The molecule has 174 valence electrons. The molecule has 33 heavy (non-hydrogen) atoms. The Bertz CT molecular complexity index is 1130. The van der Waals surface area contributed by atoms with Crippen molar-refractivity contribution in [2.75, 3.05) is 5.32 Å². The summed E-state index contributed by atoms with van der Waals surface area (Å²) in [5.41, 5.74) is 10.2. The Hall–Kier alpha value is -3.49. The van der Waals surface area contributed by atoms with Crippen LogP contribution < -0.4 is 11.1 Å². The molecule has 3 heterocycles. The molecular weight excluding hydrogens is 418 g/mol. The molecule has 0 bridgehead atoms. The lowest BCUT2D eigenvalue weighted by atomic mass is 9.75. The van der Waals surface area contributed by atoms with E-state index in [1.54, 1.807) is 25.4 Å². The van der Waals surface area contributed by atoms with Crippen molar-refractivity contribution in [2.45, 2.75) is 52.4 Å². The number of hydrogen-bond donors (Lipinski definition) is 3. The van der Waals surface area contributed by atoms with Gasteiger partial charge in [-0.3, -0.25) is 19.4 Å². The van der Waals surface area contributed by atoms with Gasteiger partial charge in [0.05, 0.1) is 17.3 Å². The summed E-state index contributed by atoms with van der Waals surface area (Å²) in [4.78, 5) is 29.7. The van der Waals surface area contributed by atoms with Gasteiger partial charge in [0.1, 0.15) is 11.5 Å². The maximum atomic E-state index is 13.5. The number of amides is 2. The summed E-state index contributed by atoms with van der Waals surface area (Å²) in [5.74, 6) is 0.0695. The predicted octanol–water partition coefficient (Wildman–Crippen LogP) is 3.47. The number of pyridine rings is 1. The van der Waals surface area contributed by atoms with Crippen molar-refractivity contribution < 1.29 is 9.59 Å². The standard InChI is InChI=1S/C24H31N7O2/c1-13-5-7-16(8-6-13)22(18-11-19(23(25)32)31(4)30-18)24(33)27-20-10-9-17(12-26-20)21-14(2)28-29-15(21)3/h9-13,16,22H,5-8H2,1-4H3,(H2,25,32)(H,28,29)(H,26,27,33). The Morgan fingerprint density at radius 3 is 2.48 bits per heavy atom. The summed E-state index contributed by atoms with van der Waals surface area (Å²) in [7, 11) is 1.67. The molecule has 3 aromatic heterocycles. The molecule has 1 unspecified atom stereocenters. The van der Waals surface area contributed by atoms with E-state index in [1.165, 1.54) is 4.68 Å². The number of aromatic nitrogens is 5. The zero-order valence-corrected chi connectivity index (χ0v) is 19.6. The van der Waals surface area contributed by atoms with E-state index in [0.29, 0.717) is 23.1 Å². The Morgan fingerprint density at radius 2 is 1.94 bits per heavy atom. The Morgan fingerprint density at radius 1 is 1.21 bits per heavy atom. The highest BCUT2D eigenvalue weighted by Crippen LogP contribution is 2.38. The number of anilines is 1. The van der Waals surface area contributed by atoms with E-state index >= 15 is 0 Å². The molecule has 0 radical (unpaired) electrons. The summed E-state index contributed by atoms with van der Waals surface area (Å²) < 4.78 is 1.45. The summed E-state index contributed by atoms with van der Waals surface area (Å²) in [5, 5.41) is 14.7. The van der Waals surface area contributed by atoms with E-state index in [1.807, 2.05) is 19.9 Å². The van der Waals surface area contributed by atoms with Crippen LogP contribution in [0.2, 0.25) is 0 Å². The second kappa shape index (κ2) is 9.17. The van der Waals surface area contributed by atoms with Crippen molar-refractivity contribution in [3.8, 4) is 11.1 Å².